The zero-order valence-electron chi connectivity index (χ0n) is 11.2. The van der Waals surface area contributed by atoms with Gasteiger partial charge in [0.1, 0.15) is 13.2 Å². The van der Waals surface area contributed by atoms with E-state index in [9.17, 15) is 8.42 Å². The Morgan fingerprint density at radius 1 is 1.15 bits per heavy atom. The highest BCUT2D eigenvalue weighted by atomic mass is 32.2. The lowest BCUT2D eigenvalue weighted by Gasteiger charge is -2.30. The molecule has 0 spiro atoms. The molecule has 0 aromatic heterocycles. The lowest BCUT2D eigenvalue weighted by Crippen LogP contribution is -2.44. The van der Waals surface area contributed by atoms with Crippen molar-refractivity contribution < 1.29 is 22.6 Å². The highest BCUT2D eigenvalue weighted by molar-refractivity contribution is 7.89. The van der Waals surface area contributed by atoms with Gasteiger partial charge in [0.05, 0.1) is 17.6 Å². The van der Waals surface area contributed by atoms with Crippen molar-refractivity contribution in [3.63, 3.8) is 0 Å². The molecule has 2 aliphatic rings. The molecule has 20 heavy (non-hydrogen) atoms. The second-order valence-corrected chi connectivity index (χ2v) is 6.79. The monoisotopic (exact) mass is 299 g/mol. The topological polar surface area (TPSA) is 65.1 Å². The van der Waals surface area contributed by atoms with Crippen LogP contribution >= 0.6 is 0 Å². The molecule has 2 aliphatic heterocycles. The Hall–Kier alpha value is -1.31. The average molecular weight is 299 g/mol. The molecule has 6 nitrogen and oxygen atoms in total. The SMILES string of the molecule is C[C@H]1CN(S(=O)(=O)c2ccc3c(c2)OCCO3)CCO1. The number of sulfonamides is 1. The molecule has 1 aromatic carbocycles. The van der Waals surface area contributed by atoms with Crippen LogP contribution in [0.1, 0.15) is 6.92 Å². The lowest BCUT2D eigenvalue weighted by molar-refractivity contribution is 0.0102. The maximum atomic E-state index is 12.6. The third kappa shape index (κ3) is 2.48. The quantitative estimate of drug-likeness (QED) is 0.810. The molecule has 1 saturated heterocycles. The second-order valence-electron chi connectivity index (χ2n) is 4.85. The fraction of sp³-hybridized carbons (Fsp3) is 0.538. The smallest absolute Gasteiger partial charge is 0.243 e. The van der Waals surface area contributed by atoms with Crippen LogP contribution in [0.2, 0.25) is 0 Å². The van der Waals surface area contributed by atoms with Gasteiger partial charge in [-0.15, -0.1) is 0 Å². The van der Waals surface area contributed by atoms with E-state index in [1.54, 1.807) is 12.1 Å². The van der Waals surface area contributed by atoms with Crippen molar-refractivity contribution >= 4 is 10.0 Å². The molecule has 0 unspecified atom stereocenters. The average Bonchev–Trinajstić information content (AvgIpc) is 2.46. The van der Waals surface area contributed by atoms with Gasteiger partial charge in [0, 0.05) is 19.2 Å². The highest BCUT2D eigenvalue weighted by Crippen LogP contribution is 2.33. The molecular weight excluding hydrogens is 282 g/mol. The normalized spacial score (nSPS) is 23.6. The van der Waals surface area contributed by atoms with E-state index >= 15 is 0 Å². The number of fused-ring (bicyclic) bond motifs is 1. The summed E-state index contributed by atoms with van der Waals surface area (Å²) in [6, 6.07) is 4.73. The van der Waals surface area contributed by atoms with Crippen LogP contribution in [0.25, 0.3) is 0 Å². The summed E-state index contributed by atoms with van der Waals surface area (Å²) in [5.41, 5.74) is 0. The van der Waals surface area contributed by atoms with Crippen LogP contribution < -0.4 is 9.47 Å². The molecule has 0 radical (unpaired) electrons. The van der Waals surface area contributed by atoms with Crippen LogP contribution in [0.3, 0.4) is 0 Å². The van der Waals surface area contributed by atoms with Gasteiger partial charge >= 0.3 is 0 Å². The Bertz CT molecular complexity index is 601. The Balaban J connectivity index is 1.90. The van der Waals surface area contributed by atoms with Crippen molar-refractivity contribution in [2.45, 2.75) is 17.9 Å². The van der Waals surface area contributed by atoms with Gasteiger partial charge in [-0.2, -0.15) is 4.31 Å². The molecule has 0 aliphatic carbocycles. The molecule has 0 N–H and O–H groups in total. The summed E-state index contributed by atoms with van der Waals surface area (Å²) in [6.07, 6.45) is -0.0873. The summed E-state index contributed by atoms with van der Waals surface area (Å²) >= 11 is 0. The Kier molecular flexibility index (Phi) is 3.57. The van der Waals surface area contributed by atoms with Crippen LogP contribution in [0.4, 0.5) is 0 Å². The first kappa shape index (κ1) is 13.7. The molecule has 7 heteroatoms. The first-order chi connectivity index (χ1) is 9.57. The minimum Gasteiger partial charge on any atom is -0.486 e. The van der Waals surface area contributed by atoms with Gasteiger partial charge in [0.2, 0.25) is 10.0 Å². The first-order valence-corrected chi connectivity index (χ1v) is 8.03. The molecule has 1 atom stereocenters. The van der Waals surface area contributed by atoms with E-state index in [4.69, 9.17) is 14.2 Å². The minimum absolute atomic E-state index is 0.0873. The Morgan fingerprint density at radius 2 is 1.90 bits per heavy atom. The molecule has 1 aromatic rings. The standard InChI is InChI=1S/C13H17NO5S/c1-10-9-14(4-5-17-10)20(15,16)11-2-3-12-13(8-11)19-7-6-18-12/h2-3,8,10H,4-7,9H2,1H3/t10-/m0/s1. The van der Waals surface area contributed by atoms with Gasteiger partial charge in [-0.3, -0.25) is 0 Å². The van der Waals surface area contributed by atoms with Gasteiger partial charge in [0.15, 0.2) is 11.5 Å². The zero-order valence-corrected chi connectivity index (χ0v) is 12.1. The number of ether oxygens (including phenoxy) is 3. The number of nitrogens with zero attached hydrogens (tertiary/aromatic N) is 1. The molecule has 2 heterocycles. The van der Waals surface area contributed by atoms with E-state index in [1.807, 2.05) is 6.92 Å². The van der Waals surface area contributed by atoms with Gasteiger partial charge in [-0.05, 0) is 19.1 Å². The van der Waals surface area contributed by atoms with Crippen molar-refractivity contribution in [3.8, 4) is 11.5 Å². The largest absolute Gasteiger partial charge is 0.486 e. The summed E-state index contributed by atoms with van der Waals surface area (Å²) in [5, 5.41) is 0. The van der Waals surface area contributed by atoms with E-state index in [-0.39, 0.29) is 11.0 Å². The van der Waals surface area contributed by atoms with Crippen molar-refractivity contribution in [1.29, 1.82) is 0 Å². The van der Waals surface area contributed by atoms with Crippen LogP contribution in [0, 0.1) is 0 Å². The predicted octanol–water partition coefficient (Wildman–Crippen LogP) is 0.867. The zero-order chi connectivity index (χ0) is 14.2. The number of morpholine rings is 1. The van der Waals surface area contributed by atoms with Crippen LogP contribution in [0.5, 0.6) is 11.5 Å². The van der Waals surface area contributed by atoms with E-state index in [1.165, 1.54) is 10.4 Å². The van der Waals surface area contributed by atoms with Crippen LogP contribution in [-0.4, -0.2) is 51.7 Å². The number of hydrogen-bond acceptors (Lipinski definition) is 5. The molecule has 1 fully saturated rings. The number of rotatable bonds is 2. The summed E-state index contributed by atoms with van der Waals surface area (Å²) < 4.78 is 42.9. The number of benzene rings is 1. The first-order valence-electron chi connectivity index (χ1n) is 6.59. The second kappa shape index (κ2) is 5.23. The third-order valence-electron chi connectivity index (χ3n) is 3.36. The summed E-state index contributed by atoms with van der Waals surface area (Å²) in [4.78, 5) is 0.232. The summed E-state index contributed by atoms with van der Waals surface area (Å²) in [7, 11) is -3.51. The molecule has 0 bridgehead atoms. The summed E-state index contributed by atoms with van der Waals surface area (Å²) in [6.45, 7) is 3.96. The fourth-order valence-electron chi connectivity index (χ4n) is 2.34. The summed E-state index contributed by atoms with van der Waals surface area (Å²) in [5.74, 6) is 1.07. The highest BCUT2D eigenvalue weighted by Gasteiger charge is 2.30. The van der Waals surface area contributed by atoms with Crippen molar-refractivity contribution in [2.24, 2.45) is 0 Å². The maximum absolute atomic E-state index is 12.6. The van der Waals surface area contributed by atoms with Gasteiger partial charge < -0.3 is 14.2 Å². The van der Waals surface area contributed by atoms with Crippen molar-refractivity contribution in [1.82, 2.24) is 4.31 Å². The number of hydrogen-bond donors (Lipinski definition) is 0. The van der Waals surface area contributed by atoms with Gasteiger partial charge in [-0.1, -0.05) is 0 Å². The molecule has 3 rings (SSSR count). The fourth-order valence-corrected chi connectivity index (χ4v) is 3.85. The Morgan fingerprint density at radius 3 is 2.65 bits per heavy atom. The Labute approximate surface area is 118 Å². The molecule has 0 saturated carbocycles. The van der Waals surface area contributed by atoms with E-state index in [2.05, 4.69) is 0 Å². The van der Waals surface area contributed by atoms with Crippen molar-refractivity contribution in [2.75, 3.05) is 32.9 Å². The molecule has 110 valence electrons. The minimum atomic E-state index is -3.51. The van der Waals surface area contributed by atoms with E-state index in [0.717, 1.165) is 0 Å². The van der Waals surface area contributed by atoms with Gasteiger partial charge in [0.25, 0.3) is 0 Å². The van der Waals surface area contributed by atoms with E-state index in [0.29, 0.717) is 44.4 Å². The maximum Gasteiger partial charge on any atom is 0.243 e. The lowest BCUT2D eigenvalue weighted by atomic mass is 10.3. The van der Waals surface area contributed by atoms with Crippen LogP contribution in [0.15, 0.2) is 23.1 Å². The van der Waals surface area contributed by atoms with Crippen molar-refractivity contribution in [3.05, 3.63) is 18.2 Å². The van der Waals surface area contributed by atoms with E-state index < -0.39 is 10.0 Å². The predicted molar refractivity (Wildman–Crippen MR) is 71.6 cm³/mol. The van der Waals surface area contributed by atoms with Gasteiger partial charge in [-0.25, -0.2) is 8.42 Å². The molecular formula is C13H17NO5S. The molecule has 0 amide bonds. The van der Waals surface area contributed by atoms with Crippen LogP contribution in [-0.2, 0) is 14.8 Å². The third-order valence-corrected chi connectivity index (χ3v) is 5.22.